The van der Waals surface area contributed by atoms with Crippen molar-refractivity contribution in [2.24, 2.45) is 5.41 Å². The highest BCUT2D eigenvalue weighted by atomic mass is 16.2. The van der Waals surface area contributed by atoms with Crippen molar-refractivity contribution in [3.63, 3.8) is 0 Å². The van der Waals surface area contributed by atoms with E-state index in [0.29, 0.717) is 0 Å². The van der Waals surface area contributed by atoms with Crippen LogP contribution in [-0.4, -0.2) is 28.0 Å². The van der Waals surface area contributed by atoms with Crippen LogP contribution in [0.25, 0.3) is 0 Å². The second-order valence-electron chi connectivity index (χ2n) is 6.23. The zero-order valence-electron chi connectivity index (χ0n) is 12.8. The predicted molar refractivity (Wildman–Crippen MR) is 80.4 cm³/mol. The summed E-state index contributed by atoms with van der Waals surface area (Å²) in [5.41, 5.74) is 7.80. The van der Waals surface area contributed by atoms with Crippen LogP contribution in [0.2, 0.25) is 0 Å². The van der Waals surface area contributed by atoms with Crippen LogP contribution in [0.5, 0.6) is 0 Å². The molecule has 19 heavy (non-hydrogen) atoms. The second kappa shape index (κ2) is 6.28. The molecule has 1 heterocycles. The van der Waals surface area contributed by atoms with Crippen LogP contribution >= 0.6 is 0 Å². The van der Waals surface area contributed by atoms with Crippen molar-refractivity contribution in [2.45, 2.75) is 53.5 Å². The molecule has 1 aromatic rings. The molecule has 0 aliphatic carbocycles. The smallest absolute Gasteiger partial charge is 0.148 e. The molecule has 5 heteroatoms. The molecule has 0 unspecified atom stereocenters. The number of nitrogens with one attached hydrogen (secondary N) is 1. The molecule has 0 radical (unpaired) electrons. The van der Waals surface area contributed by atoms with Crippen molar-refractivity contribution in [1.29, 1.82) is 0 Å². The lowest BCUT2D eigenvalue weighted by molar-refractivity contribution is 0.247. The van der Waals surface area contributed by atoms with Crippen LogP contribution in [0.1, 0.15) is 52.3 Å². The number of nitrogens with zero attached hydrogens (tertiary/aromatic N) is 2. The maximum absolute atomic E-state index is 8.92. The van der Waals surface area contributed by atoms with Gasteiger partial charge in [0.05, 0.1) is 11.4 Å². The molecule has 0 atom stereocenters. The van der Waals surface area contributed by atoms with Crippen LogP contribution in [0.4, 0.5) is 11.5 Å². The number of aliphatic hydroxyl groups excluding tert-OH is 1. The topological polar surface area (TPSA) is 76.1 Å². The van der Waals surface area contributed by atoms with Gasteiger partial charge in [-0.2, -0.15) is 5.10 Å². The minimum atomic E-state index is 0.120. The van der Waals surface area contributed by atoms with E-state index in [1.807, 2.05) is 11.6 Å². The Morgan fingerprint density at radius 2 is 2.05 bits per heavy atom. The van der Waals surface area contributed by atoms with E-state index >= 15 is 0 Å². The lowest BCUT2D eigenvalue weighted by Crippen LogP contribution is -2.25. The quantitative estimate of drug-likeness (QED) is 0.710. The molecular formula is C14H28N4O. The van der Waals surface area contributed by atoms with Gasteiger partial charge < -0.3 is 16.2 Å². The van der Waals surface area contributed by atoms with Gasteiger partial charge in [-0.1, -0.05) is 13.8 Å². The van der Waals surface area contributed by atoms with E-state index in [1.54, 1.807) is 0 Å². The average molecular weight is 268 g/mol. The minimum Gasteiger partial charge on any atom is -0.396 e. The number of anilines is 2. The summed E-state index contributed by atoms with van der Waals surface area (Å²) in [6, 6.07) is 0.277. The summed E-state index contributed by atoms with van der Waals surface area (Å²) in [7, 11) is 0. The summed E-state index contributed by atoms with van der Waals surface area (Å²) >= 11 is 0. The van der Waals surface area contributed by atoms with Gasteiger partial charge in [-0.05, 0) is 39.0 Å². The first-order valence-electron chi connectivity index (χ1n) is 6.98. The maximum atomic E-state index is 8.92. The molecule has 0 aromatic carbocycles. The minimum absolute atomic E-state index is 0.120. The van der Waals surface area contributed by atoms with Crippen LogP contribution in [0.15, 0.2) is 0 Å². The van der Waals surface area contributed by atoms with E-state index < -0.39 is 0 Å². The van der Waals surface area contributed by atoms with Crippen molar-refractivity contribution in [1.82, 2.24) is 9.78 Å². The third kappa shape index (κ3) is 4.13. The number of rotatable bonds is 7. The summed E-state index contributed by atoms with van der Waals surface area (Å²) in [6.07, 6.45) is 1.80. The summed E-state index contributed by atoms with van der Waals surface area (Å²) in [4.78, 5) is 0. The fourth-order valence-electron chi connectivity index (χ4n) is 2.08. The molecular weight excluding hydrogens is 240 g/mol. The monoisotopic (exact) mass is 268 g/mol. The Morgan fingerprint density at radius 1 is 1.42 bits per heavy atom. The van der Waals surface area contributed by atoms with Crippen molar-refractivity contribution < 1.29 is 5.11 Å². The van der Waals surface area contributed by atoms with E-state index in [1.165, 1.54) is 0 Å². The molecule has 0 aliphatic rings. The Morgan fingerprint density at radius 3 is 2.58 bits per heavy atom. The molecule has 1 rings (SSSR count). The summed E-state index contributed by atoms with van der Waals surface area (Å²) < 4.78 is 1.94. The number of aromatic nitrogens is 2. The number of aryl methyl sites for hydroxylation is 1. The van der Waals surface area contributed by atoms with Gasteiger partial charge in [0.2, 0.25) is 0 Å². The fraction of sp³-hybridized carbons (Fsp3) is 0.786. The van der Waals surface area contributed by atoms with Crippen LogP contribution < -0.4 is 11.1 Å². The average Bonchev–Trinajstić information content (AvgIpc) is 2.61. The lowest BCUT2D eigenvalue weighted by atomic mass is 9.88. The molecule has 0 bridgehead atoms. The Labute approximate surface area is 116 Å². The Balaban J connectivity index is 2.77. The van der Waals surface area contributed by atoms with Gasteiger partial charge in [0.1, 0.15) is 5.82 Å². The molecule has 0 aliphatic heterocycles. The van der Waals surface area contributed by atoms with Gasteiger partial charge in [0.15, 0.2) is 0 Å². The zero-order valence-corrected chi connectivity index (χ0v) is 12.8. The highest BCUT2D eigenvalue weighted by Crippen LogP contribution is 2.28. The third-order valence-electron chi connectivity index (χ3n) is 3.37. The van der Waals surface area contributed by atoms with Crippen molar-refractivity contribution in [3.8, 4) is 0 Å². The Kier molecular flexibility index (Phi) is 5.23. The molecule has 5 nitrogen and oxygen atoms in total. The van der Waals surface area contributed by atoms with E-state index in [2.05, 4.69) is 38.1 Å². The first-order valence-corrected chi connectivity index (χ1v) is 6.98. The molecule has 0 saturated carbocycles. The molecule has 0 fully saturated rings. The second-order valence-corrected chi connectivity index (χ2v) is 6.23. The summed E-state index contributed by atoms with van der Waals surface area (Å²) in [6.45, 7) is 11.5. The predicted octanol–water partition coefficient (Wildman–Crippen LogP) is 2.57. The largest absolute Gasteiger partial charge is 0.396 e. The molecule has 0 amide bonds. The number of aliphatic hydroxyl groups is 1. The first kappa shape index (κ1) is 15.8. The molecule has 110 valence electrons. The molecule has 1 aromatic heterocycles. The molecule has 0 spiro atoms. The molecule has 0 saturated heterocycles. The zero-order chi connectivity index (χ0) is 14.6. The van der Waals surface area contributed by atoms with Gasteiger partial charge >= 0.3 is 0 Å². The maximum Gasteiger partial charge on any atom is 0.148 e. The fourth-order valence-corrected chi connectivity index (χ4v) is 2.08. The van der Waals surface area contributed by atoms with E-state index in [4.69, 9.17) is 10.8 Å². The van der Waals surface area contributed by atoms with Crippen LogP contribution in [0, 0.1) is 12.3 Å². The Hall–Kier alpha value is -1.23. The molecule has 4 N–H and O–H groups in total. The van der Waals surface area contributed by atoms with Gasteiger partial charge in [-0.15, -0.1) is 0 Å². The van der Waals surface area contributed by atoms with Crippen LogP contribution in [0.3, 0.4) is 0 Å². The normalized spacial score (nSPS) is 12.2. The van der Waals surface area contributed by atoms with Crippen molar-refractivity contribution in [2.75, 3.05) is 24.2 Å². The first-order chi connectivity index (χ1) is 8.78. The van der Waals surface area contributed by atoms with Crippen LogP contribution in [-0.2, 0) is 0 Å². The van der Waals surface area contributed by atoms with Gasteiger partial charge in [0.25, 0.3) is 0 Å². The summed E-state index contributed by atoms with van der Waals surface area (Å²) in [5.74, 6) is 0.907. The van der Waals surface area contributed by atoms with Crippen molar-refractivity contribution in [3.05, 3.63) is 5.69 Å². The summed E-state index contributed by atoms with van der Waals surface area (Å²) in [5, 5.41) is 16.8. The number of hydrogen-bond acceptors (Lipinski definition) is 4. The SMILES string of the molecule is Cc1nn(C(C)C)c(NCC(C)(C)CCCO)c1N. The third-order valence-corrected chi connectivity index (χ3v) is 3.37. The van der Waals surface area contributed by atoms with Gasteiger partial charge in [0, 0.05) is 19.2 Å². The number of nitrogen functional groups attached to an aromatic ring is 1. The lowest BCUT2D eigenvalue weighted by Gasteiger charge is -2.26. The number of nitrogens with two attached hydrogens (primary N) is 1. The Bertz CT molecular complexity index is 410. The number of hydrogen-bond donors (Lipinski definition) is 3. The van der Waals surface area contributed by atoms with E-state index in [0.717, 1.165) is 36.6 Å². The highest BCUT2D eigenvalue weighted by molar-refractivity contribution is 5.64. The van der Waals surface area contributed by atoms with Gasteiger partial charge in [-0.25, -0.2) is 4.68 Å². The van der Waals surface area contributed by atoms with Crippen molar-refractivity contribution >= 4 is 11.5 Å². The standard InChI is InChI=1S/C14H28N4O/c1-10(2)18-13(12(15)11(3)17-18)16-9-14(4,5)7-6-8-19/h10,16,19H,6-9,15H2,1-5H3. The van der Waals surface area contributed by atoms with E-state index in [9.17, 15) is 0 Å². The van der Waals surface area contributed by atoms with Gasteiger partial charge in [-0.3, -0.25) is 0 Å². The van der Waals surface area contributed by atoms with E-state index in [-0.39, 0.29) is 18.1 Å². The highest BCUT2D eigenvalue weighted by Gasteiger charge is 2.20.